The van der Waals surface area contributed by atoms with Crippen LogP contribution < -0.4 is 15.0 Å². The fraction of sp³-hybridized carbons (Fsp3) is 0.543. The van der Waals surface area contributed by atoms with Crippen LogP contribution in [-0.4, -0.2) is 74.7 Å². The van der Waals surface area contributed by atoms with Crippen molar-refractivity contribution in [1.29, 1.82) is 0 Å². The summed E-state index contributed by atoms with van der Waals surface area (Å²) in [5, 5.41) is 4.77. The van der Waals surface area contributed by atoms with Gasteiger partial charge in [-0.1, -0.05) is 59.6 Å². The van der Waals surface area contributed by atoms with E-state index in [4.69, 9.17) is 14.7 Å². The van der Waals surface area contributed by atoms with Crippen molar-refractivity contribution in [2.45, 2.75) is 117 Å². The molecule has 10 heteroatoms. The van der Waals surface area contributed by atoms with Crippen LogP contribution in [0.15, 0.2) is 30.3 Å². The van der Waals surface area contributed by atoms with Crippen LogP contribution in [-0.2, 0) is 0 Å². The molecule has 2 aromatic heterocycles. The molecule has 1 amide bonds. The molecule has 2 fully saturated rings. The summed E-state index contributed by atoms with van der Waals surface area (Å²) in [5.41, 5.74) is 7.09. The van der Waals surface area contributed by atoms with E-state index in [9.17, 15) is 4.79 Å². The Morgan fingerprint density at radius 3 is 2.18 bits per heavy atom. The molecule has 1 aliphatic heterocycles. The topological polar surface area (TPSA) is 70.6 Å². The number of carbonyl (C=O) groups excluding carboxylic acids is 1. The molecule has 300 valence electrons. The van der Waals surface area contributed by atoms with Crippen molar-refractivity contribution in [3.8, 4) is 28.6 Å². The van der Waals surface area contributed by atoms with Crippen molar-refractivity contribution in [3.63, 3.8) is 0 Å². The van der Waals surface area contributed by atoms with Crippen LogP contribution >= 0.6 is 0 Å². The molecule has 2 aliphatic rings. The summed E-state index contributed by atoms with van der Waals surface area (Å²) in [6, 6.07) is 8.64. The lowest BCUT2D eigenvalue weighted by Crippen LogP contribution is -2.43. The van der Waals surface area contributed by atoms with E-state index in [1.807, 2.05) is 58.8 Å². The number of pyridine rings is 2. The second kappa shape index (κ2) is 16.4. The summed E-state index contributed by atoms with van der Waals surface area (Å²) in [4.78, 5) is 28.0. The van der Waals surface area contributed by atoms with Crippen molar-refractivity contribution in [2.75, 3.05) is 38.6 Å². The van der Waals surface area contributed by atoms with Crippen molar-refractivity contribution < 1.29 is 18.3 Å². The maximum absolute atomic E-state index is 17.8. The third-order valence-electron chi connectivity index (χ3n) is 12.1. The van der Waals surface area contributed by atoms with E-state index in [1.165, 1.54) is 12.5 Å². The summed E-state index contributed by atoms with van der Waals surface area (Å²) in [6.07, 6.45) is 3.20. The van der Waals surface area contributed by atoms with Crippen LogP contribution in [0.25, 0.3) is 32.9 Å². The molecule has 2 aromatic carbocycles. The Morgan fingerprint density at radius 2 is 1.59 bits per heavy atom. The molecular weight excluding hydrogens is 721 g/mol. The first-order valence-corrected chi connectivity index (χ1v) is 22.8. The van der Waals surface area contributed by atoms with Gasteiger partial charge in [-0.2, -0.15) is 0 Å². The largest absolute Gasteiger partial charge is 0.474 e. The first-order chi connectivity index (χ1) is 26.4. The lowest BCUT2D eigenvalue weighted by Gasteiger charge is -2.38. The number of hydrogen-bond donors (Lipinski definition) is 1. The van der Waals surface area contributed by atoms with E-state index in [1.54, 1.807) is 12.1 Å². The number of fused-ring (bicyclic) bond motifs is 4. The van der Waals surface area contributed by atoms with Crippen molar-refractivity contribution >= 4 is 41.3 Å². The summed E-state index contributed by atoms with van der Waals surface area (Å²) in [5.74, 6) is 3.15. The number of halogens is 2. The minimum absolute atomic E-state index is 0.00807. The van der Waals surface area contributed by atoms with Gasteiger partial charge in [0.05, 0.1) is 22.7 Å². The van der Waals surface area contributed by atoms with Gasteiger partial charge in [-0.3, -0.25) is 4.79 Å². The maximum atomic E-state index is 17.8. The normalized spacial score (nSPS) is 17.8. The number of carbonyl (C=O) groups is 1. The average molecular weight is 782 g/mol. The highest BCUT2D eigenvalue weighted by Crippen LogP contribution is 2.45. The third-order valence-corrected chi connectivity index (χ3v) is 18.4. The van der Waals surface area contributed by atoms with Gasteiger partial charge in [0.25, 0.3) is 5.91 Å². The smallest absolute Gasteiger partial charge is 0.270 e. The number of aromatic nitrogens is 2. The average Bonchev–Trinajstić information content (AvgIpc) is 3.45. The second-order valence-corrected chi connectivity index (χ2v) is 23.6. The number of nitrogens with zero attached hydrogens (tertiary/aromatic N) is 4. The quantitative estimate of drug-likeness (QED) is 0.121. The lowest BCUT2D eigenvalue weighted by atomic mass is 9.94. The van der Waals surface area contributed by atoms with Gasteiger partial charge in [-0.15, -0.1) is 5.54 Å². The first kappa shape index (κ1) is 41.6. The van der Waals surface area contributed by atoms with Crippen LogP contribution in [0, 0.1) is 41.9 Å². The monoisotopic (exact) mass is 781 g/mol. The Balaban J connectivity index is 1.66. The van der Waals surface area contributed by atoms with E-state index < -0.39 is 19.7 Å². The van der Waals surface area contributed by atoms with E-state index in [-0.39, 0.29) is 46.4 Å². The van der Waals surface area contributed by atoms with E-state index in [2.05, 4.69) is 63.2 Å². The van der Waals surface area contributed by atoms with Crippen LogP contribution in [0.3, 0.4) is 0 Å². The minimum atomic E-state index is -2.26. The fourth-order valence-corrected chi connectivity index (χ4v) is 15.1. The van der Waals surface area contributed by atoms with Crippen molar-refractivity contribution in [2.24, 2.45) is 11.8 Å². The molecule has 0 radical (unpaired) electrons. The Bertz CT molecular complexity index is 2160. The zero-order valence-electron chi connectivity index (χ0n) is 35.5. The van der Waals surface area contributed by atoms with Crippen molar-refractivity contribution in [3.05, 3.63) is 58.8 Å². The highest BCUT2D eigenvalue weighted by atomic mass is 28.3. The van der Waals surface area contributed by atoms with Gasteiger partial charge >= 0.3 is 0 Å². The van der Waals surface area contributed by atoms with Crippen LogP contribution in [0.5, 0.6) is 5.88 Å². The van der Waals surface area contributed by atoms with Gasteiger partial charge in [0.15, 0.2) is 5.82 Å². The lowest BCUT2D eigenvalue weighted by molar-refractivity contribution is 0.0929. The minimum Gasteiger partial charge on any atom is -0.474 e. The molecule has 0 spiro atoms. The van der Waals surface area contributed by atoms with E-state index in [0.717, 1.165) is 36.9 Å². The standard InChI is InChI=1S/C46H61F2N5O2Si/c1-26(2)55-46-41-39(53-24-32-13-14-33(21-32)25-53)22-38(45(54)49-31(10)23-52(11)12)50-44(41)42(48)43(51-46)36-20-30(9)19-34-15-16-37(47)35(40(34)36)17-18-56(27(3)4,28(5)6)29(7)8/h15-16,19-20,22,26-29,31-33H,13-14,21,23-25H2,1-12H3,(H,49,54)/t31-,32?,33?/m1/s1. The highest BCUT2D eigenvalue weighted by molar-refractivity contribution is 6.90. The molecular formula is C46H61F2N5O2Si. The molecule has 7 nitrogen and oxygen atoms in total. The van der Waals surface area contributed by atoms with Gasteiger partial charge in [0.2, 0.25) is 5.88 Å². The molecule has 1 saturated carbocycles. The first-order valence-electron chi connectivity index (χ1n) is 20.6. The zero-order chi connectivity index (χ0) is 40.8. The van der Waals surface area contributed by atoms with Gasteiger partial charge in [-0.05, 0) is 119 Å². The van der Waals surface area contributed by atoms with Crippen LogP contribution in [0.4, 0.5) is 14.5 Å². The number of piperidine rings is 1. The van der Waals surface area contributed by atoms with E-state index in [0.29, 0.717) is 57.0 Å². The second-order valence-electron chi connectivity index (χ2n) is 18.1. The van der Waals surface area contributed by atoms with Gasteiger partial charge in [0.1, 0.15) is 30.8 Å². The summed E-state index contributed by atoms with van der Waals surface area (Å²) >= 11 is 0. The Morgan fingerprint density at radius 1 is 0.946 bits per heavy atom. The van der Waals surface area contributed by atoms with Crippen LogP contribution in [0.1, 0.15) is 103 Å². The number of hydrogen-bond acceptors (Lipinski definition) is 6. The molecule has 2 bridgehead atoms. The fourth-order valence-electron chi connectivity index (χ4n) is 9.87. The Hall–Kier alpha value is -4.07. The number of anilines is 1. The summed E-state index contributed by atoms with van der Waals surface area (Å²) in [6.45, 7) is 23.3. The molecule has 2 unspecified atom stereocenters. The molecule has 4 aromatic rings. The molecule has 6 rings (SSSR count). The molecule has 3 atom stereocenters. The SMILES string of the molecule is Cc1cc(-c2nc(OC(C)C)c3c(N4CC5CCC(C5)C4)cc(C(=O)N[C@H](C)CN(C)C)nc3c2F)c2c(C#C[Si](C(C)C)(C(C)C)C(C)C)c(F)ccc2c1. The zero-order valence-corrected chi connectivity index (χ0v) is 36.5. The van der Waals surface area contributed by atoms with Gasteiger partial charge < -0.3 is 19.9 Å². The molecule has 1 N–H and O–H groups in total. The summed E-state index contributed by atoms with van der Waals surface area (Å²) in [7, 11) is 1.64. The van der Waals surface area contributed by atoms with E-state index >= 15 is 8.78 Å². The van der Waals surface area contributed by atoms with Crippen molar-refractivity contribution in [1.82, 2.24) is 20.2 Å². The molecule has 56 heavy (non-hydrogen) atoms. The van der Waals surface area contributed by atoms with Gasteiger partial charge in [-0.25, -0.2) is 18.7 Å². The predicted octanol–water partition coefficient (Wildman–Crippen LogP) is 10.3. The predicted molar refractivity (Wildman–Crippen MR) is 229 cm³/mol. The molecule has 1 aliphatic carbocycles. The summed E-state index contributed by atoms with van der Waals surface area (Å²) < 4.78 is 40.5. The number of amides is 1. The number of nitrogens with one attached hydrogen (secondary N) is 1. The number of rotatable bonds is 11. The third kappa shape index (κ3) is 8.04. The Kier molecular flexibility index (Phi) is 12.2. The van der Waals surface area contributed by atoms with Crippen LogP contribution in [0.2, 0.25) is 16.6 Å². The number of likely N-dealkylation sites (N-methyl/N-ethyl adjacent to an activating group) is 1. The highest BCUT2D eigenvalue weighted by Gasteiger charge is 2.42. The number of benzene rings is 2. The molecule has 3 heterocycles. The molecule has 1 saturated heterocycles. The number of aryl methyl sites for hydroxylation is 1. The Labute approximate surface area is 334 Å². The number of ether oxygens (including phenoxy) is 1. The maximum Gasteiger partial charge on any atom is 0.270 e. The van der Waals surface area contributed by atoms with Gasteiger partial charge in [0, 0.05) is 36.6 Å².